The van der Waals surface area contributed by atoms with Crippen molar-refractivity contribution in [2.75, 3.05) is 7.11 Å². The highest BCUT2D eigenvalue weighted by molar-refractivity contribution is 5.40. The fourth-order valence-electron chi connectivity index (χ4n) is 2.00. The van der Waals surface area contributed by atoms with Crippen molar-refractivity contribution >= 4 is 0 Å². The van der Waals surface area contributed by atoms with E-state index in [9.17, 15) is 5.26 Å². The number of nitriles is 1. The van der Waals surface area contributed by atoms with Crippen LogP contribution < -0.4 is 4.74 Å². The molecule has 16 heavy (non-hydrogen) atoms. The Balaban J connectivity index is 2.27. The second-order valence-corrected chi connectivity index (χ2v) is 4.36. The maximum atomic E-state index is 9.25. The van der Waals surface area contributed by atoms with Crippen molar-refractivity contribution in [3.05, 3.63) is 29.8 Å². The van der Waals surface area contributed by atoms with Crippen LogP contribution in [0.4, 0.5) is 0 Å². The number of hydrogen-bond donors (Lipinski definition) is 0. The Morgan fingerprint density at radius 1 is 1.38 bits per heavy atom. The quantitative estimate of drug-likeness (QED) is 0.730. The number of ether oxygens (including phenoxy) is 2. The standard InChI is InChI=1S/C13H15NO2/c1-9(2)12-13(8-14,16-12)10-4-6-11(15-3)7-5-10/h4-7,9,12H,1-3H3. The van der Waals surface area contributed by atoms with Gasteiger partial charge in [0.2, 0.25) is 5.60 Å². The van der Waals surface area contributed by atoms with Gasteiger partial charge in [-0.2, -0.15) is 5.26 Å². The summed E-state index contributed by atoms with van der Waals surface area (Å²) in [5.41, 5.74) is 0.176. The maximum Gasteiger partial charge on any atom is 0.206 e. The van der Waals surface area contributed by atoms with Gasteiger partial charge in [0, 0.05) is 5.56 Å². The van der Waals surface area contributed by atoms with Gasteiger partial charge >= 0.3 is 0 Å². The second-order valence-electron chi connectivity index (χ2n) is 4.36. The highest BCUT2D eigenvalue weighted by Crippen LogP contribution is 2.49. The number of hydrogen-bond acceptors (Lipinski definition) is 3. The van der Waals surface area contributed by atoms with Gasteiger partial charge in [-0.25, -0.2) is 0 Å². The molecule has 0 aromatic heterocycles. The number of methoxy groups -OCH3 is 1. The molecule has 0 bridgehead atoms. The van der Waals surface area contributed by atoms with E-state index in [1.54, 1.807) is 7.11 Å². The molecule has 1 aliphatic heterocycles. The highest BCUT2D eigenvalue weighted by Gasteiger charge is 2.59. The molecule has 3 nitrogen and oxygen atoms in total. The van der Waals surface area contributed by atoms with E-state index in [0.29, 0.717) is 5.92 Å². The molecule has 1 heterocycles. The third-order valence-electron chi connectivity index (χ3n) is 2.95. The van der Waals surface area contributed by atoms with Crippen LogP contribution in [0.2, 0.25) is 0 Å². The molecule has 1 fully saturated rings. The van der Waals surface area contributed by atoms with Crippen LogP contribution >= 0.6 is 0 Å². The van der Waals surface area contributed by atoms with Crippen LogP contribution in [0.1, 0.15) is 19.4 Å². The molecule has 84 valence electrons. The first-order valence-electron chi connectivity index (χ1n) is 5.37. The molecular formula is C13H15NO2. The van der Waals surface area contributed by atoms with E-state index >= 15 is 0 Å². The summed E-state index contributed by atoms with van der Waals surface area (Å²) in [5.74, 6) is 1.14. The van der Waals surface area contributed by atoms with Crippen LogP contribution in [-0.4, -0.2) is 13.2 Å². The molecule has 0 saturated carbocycles. The van der Waals surface area contributed by atoms with Crippen LogP contribution in [-0.2, 0) is 10.3 Å². The van der Waals surface area contributed by atoms with Gasteiger partial charge in [0.15, 0.2) is 0 Å². The van der Waals surface area contributed by atoms with Gasteiger partial charge in [-0.3, -0.25) is 0 Å². The fraction of sp³-hybridized carbons (Fsp3) is 0.462. The first-order chi connectivity index (χ1) is 7.64. The Labute approximate surface area is 95.6 Å². The van der Waals surface area contributed by atoms with Crippen LogP contribution in [0.25, 0.3) is 0 Å². The largest absolute Gasteiger partial charge is 0.497 e. The van der Waals surface area contributed by atoms with E-state index in [2.05, 4.69) is 19.9 Å². The van der Waals surface area contributed by atoms with Crippen molar-refractivity contribution in [2.45, 2.75) is 25.6 Å². The number of epoxide rings is 1. The van der Waals surface area contributed by atoms with Gasteiger partial charge in [-0.15, -0.1) is 0 Å². The average Bonchev–Trinajstić information content (AvgIpc) is 3.05. The van der Waals surface area contributed by atoms with Gasteiger partial charge < -0.3 is 9.47 Å². The lowest BCUT2D eigenvalue weighted by atomic mass is 9.91. The zero-order valence-corrected chi connectivity index (χ0v) is 9.73. The summed E-state index contributed by atoms with van der Waals surface area (Å²) >= 11 is 0. The predicted octanol–water partition coefficient (Wildman–Crippen LogP) is 2.47. The third-order valence-corrected chi connectivity index (χ3v) is 2.95. The van der Waals surface area contributed by atoms with Crippen molar-refractivity contribution in [3.8, 4) is 11.8 Å². The van der Waals surface area contributed by atoms with Crippen molar-refractivity contribution in [1.29, 1.82) is 5.26 Å². The number of rotatable bonds is 3. The second kappa shape index (κ2) is 3.80. The molecule has 2 unspecified atom stereocenters. The van der Waals surface area contributed by atoms with Crippen molar-refractivity contribution in [2.24, 2.45) is 5.92 Å². The summed E-state index contributed by atoms with van der Waals surface area (Å²) in [6, 6.07) is 9.77. The van der Waals surface area contributed by atoms with Gasteiger partial charge in [-0.05, 0) is 18.1 Å². The third kappa shape index (κ3) is 1.56. The molecule has 2 atom stereocenters. The summed E-state index contributed by atoms with van der Waals surface area (Å²) < 4.78 is 10.7. The van der Waals surface area contributed by atoms with Crippen LogP contribution in [0.5, 0.6) is 5.75 Å². The lowest BCUT2D eigenvalue weighted by Gasteiger charge is -2.07. The van der Waals surface area contributed by atoms with Gasteiger partial charge in [0.25, 0.3) is 0 Å². The molecule has 2 rings (SSSR count). The minimum Gasteiger partial charge on any atom is -0.497 e. The van der Waals surface area contributed by atoms with E-state index in [1.807, 2.05) is 24.3 Å². The van der Waals surface area contributed by atoms with Crippen molar-refractivity contribution in [3.63, 3.8) is 0 Å². The van der Waals surface area contributed by atoms with Gasteiger partial charge in [0.05, 0.1) is 7.11 Å². The number of benzene rings is 1. The Hall–Kier alpha value is -1.53. The maximum absolute atomic E-state index is 9.25. The monoisotopic (exact) mass is 217 g/mol. The summed E-state index contributed by atoms with van der Waals surface area (Å²) in [6.07, 6.45) is 0.00546. The molecule has 0 aliphatic carbocycles. The van der Waals surface area contributed by atoms with Crippen LogP contribution in [0.15, 0.2) is 24.3 Å². The van der Waals surface area contributed by atoms with Crippen molar-refractivity contribution < 1.29 is 9.47 Å². The van der Waals surface area contributed by atoms with Crippen LogP contribution in [0, 0.1) is 17.2 Å². The zero-order chi connectivity index (χ0) is 11.8. The van der Waals surface area contributed by atoms with E-state index in [-0.39, 0.29) is 6.10 Å². The van der Waals surface area contributed by atoms with Gasteiger partial charge in [0.1, 0.15) is 17.9 Å². The van der Waals surface area contributed by atoms with Crippen molar-refractivity contribution in [1.82, 2.24) is 0 Å². The fourth-order valence-corrected chi connectivity index (χ4v) is 2.00. The molecule has 3 heteroatoms. The summed E-state index contributed by atoms with van der Waals surface area (Å²) in [7, 11) is 1.62. The normalized spacial score (nSPS) is 27.6. The summed E-state index contributed by atoms with van der Waals surface area (Å²) in [5, 5.41) is 9.25. The summed E-state index contributed by atoms with van der Waals surface area (Å²) in [4.78, 5) is 0. The van der Waals surface area contributed by atoms with E-state index in [0.717, 1.165) is 11.3 Å². The Morgan fingerprint density at radius 2 is 2.00 bits per heavy atom. The molecule has 1 aromatic carbocycles. The number of nitrogens with zero attached hydrogens (tertiary/aromatic N) is 1. The minimum atomic E-state index is -0.736. The highest BCUT2D eigenvalue weighted by atomic mass is 16.6. The molecule has 0 radical (unpaired) electrons. The van der Waals surface area contributed by atoms with E-state index < -0.39 is 5.60 Å². The van der Waals surface area contributed by atoms with Gasteiger partial charge in [-0.1, -0.05) is 26.0 Å². The Kier molecular flexibility index (Phi) is 2.61. The first-order valence-corrected chi connectivity index (χ1v) is 5.37. The SMILES string of the molecule is COc1ccc(C2(C#N)OC2C(C)C)cc1. The minimum absolute atomic E-state index is 0.00546. The summed E-state index contributed by atoms with van der Waals surface area (Å²) in [6.45, 7) is 4.13. The molecule has 0 amide bonds. The molecule has 0 spiro atoms. The molecule has 1 aromatic rings. The molecule has 0 N–H and O–H groups in total. The van der Waals surface area contributed by atoms with Crippen LogP contribution in [0.3, 0.4) is 0 Å². The predicted molar refractivity (Wildman–Crippen MR) is 60.0 cm³/mol. The molecular weight excluding hydrogens is 202 g/mol. The van der Waals surface area contributed by atoms with E-state index in [4.69, 9.17) is 9.47 Å². The smallest absolute Gasteiger partial charge is 0.206 e. The first kappa shape index (κ1) is 11.0. The Morgan fingerprint density at radius 3 is 2.38 bits per heavy atom. The lowest BCUT2D eigenvalue weighted by molar-refractivity contribution is 0.314. The zero-order valence-electron chi connectivity index (χ0n) is 9.73. The van der Waals surface area contributed by atoms with E-state index in [1.165, 1.54) is 0 Å². The lowest BCUT2D eigenvalue weighted by Crippen LogP contribution is -2.13. The molecule has 1 aliphatic rings. The Bertz CT molecular complexity index is 419. The average molecular weight is 217 g/mol. The molecule has 1 saturated heterocycles. The topological polar surface area (TPSA) is 45.5 Å².